The van der Waals surface area contributed by atoms with E-state index in [-0.39, 0.29) is 6.04 Å². The molecule has 4 heteroatoms. The number of benzene rings is 1. The van der Waals surface area contributed by atoms with Crippen LogP contribution in [0, 0.1) is 0 Å². The number of halogens is 1. The van der Waals surface area contributed by atoms with Crippen LogP contribution >= 0.6 is 11.6 Å². The van der Waals surface area contributed by atoms with Crippen molar-refractivity contribution in [2.75, 3.05) is 5.32 Å². The lowest BCUT2D eigenvalue weighted by Gasteiger charge is -2.18. The van der Waals surface area contributed by atoms with Crippen molar-refractivity contribution in [3.05, 3.63) is 52.4 Å². The Hall–Kier alpha value is -1.61. The van der Waals surface area contributed by atoms with Crippen molar-refractivity contribution in [3.8, 4) is 0 Å². The highest BCUT2D eigenvalue weighted by molar-refractivity contribution is 6.31. The van der Waals surface area contributed by atoms with Gasteiger partial charge in [-0.15, -0.1) is 0 Å². The third kappa shape index (κ3) is 2.43. The van der Waals surface area contributed by atoms with Gasteiger partial charge in [0.05, 0.1) is 6.04 Å². The number of fused-ring (bicyclic) bond motifs is 1. The van der Waals surface area contributed by atoms with Crippen LogP contribution in [0.3, 0.4) is 0 Å². The molecule has 3 nitrogen and oxygen atoms in total. The average molecular weight is 274 g/mol. The highest BCUT2D eigenvalue weighted by atomic mass is 35.5. The molecule has 1 aliphatic rings. The summed E-state index contributed by atoms with van der Waals surface area (Å²) in [5.74, 6) is 0.954. The Balaban J connectivity index is 1.86. The first-order valence-corrected chi connectivity index (χ1v) is 6.97. The monoisotopic (exact) mass is 273 g/mol. The van der Waals surface area contributed by atoms with Gasteiger partial charge in [0.15, 0.2) is 0 Å². The molecule has 0 bridgehead atoms. The van der Waals surface area contributed by atoms with Gasteiger partial charge in [0, 0.05) is 16.3 Å². The first kappa shape index (κ1) is 12.4. The van der Waals surface area contributed by atoms with Gasteiger partial charge in [-0.2, -0.15) is 0 Å². The van der Waals surface area contributed by atoms with Gasteiger partial charge in [0.1, 0.15) is 12.1 Å². The summed E-state index contributed by atoms with van der Waals surface area (Å²) >= 11 is 6.23. The van der Waals surface area contributed by atoms with E-state index >= 15 is 0 Å². The Bertz CT molecular complexity index is 598. The van der Waals surface area contributed by atoms with E-state index in [4.69, 9.17) is 11.6 Å². The summed E-state index contributed by atoms with van der Waals surface area (Å²) in [4.78, 5) is 8.72. The maximum atomic E-state index is 6.23. The van der Waals surface area contributed by atoms with E-state index in [0.29, 0.717) is 0 Å². The smallest absolute Gasteiger partial charge is 0.133 e. The summed E-state index contributed by atoms with van der Waals surface area (Å²) < 4.78 is 0. The zero-order valence-corrected chi connectivity index (χ0v) is 11.6. The van der Waals surface area contributed by atoms with Crippen LogP contribution in [0.5, 0.6) is 0 Å². The fourth-order valence-corrected chi connectivity index (χ4v) is 2.89. The molecular weight excluding hydrogens is 258 g/mol. The van der Waals surface area contributed by atoms with Crippen LogP contribution in [0.15, 0.2) is 30.6 Å². The zero-order chi connectivity index (χ0) is 13.2. The van der Waals surface area contributed by atoms with Crippen LogP contribution in [0.25, 0.3) is 0 Å². The summed E-state index contributed by atoms with van der Waals surface area (Å²) in [6, 6.07) is 8.04. The quantitative estimate of drug-likeness (QED) is 0.924. The van der Waals surface area contributed by atoms with Crippen molar-refractivity contribution >= 4 is 17.4 Å². The van der Waals surface area contributed by atoms with Gasteiger partial charge in [0.25, 0.3) is 0 Å². The number of nitrogens with zero attached hydrogens (tertiary/aromatic N) is 2. The maximum absolute atomic E-state index is 6.23. The second-order valence-electron chi connectivity index (χ2n) is 4.89. The molecule has 1 aromatic heterocycles. The third-order valence-electron chi connectivity index (χ3n) is 3.60. The second-order valence-corrected chi connectivity index (χ2v) is 5.30. The van der Waals surface area contributed by atoms with Crippen LogP contribution in [-0.4, -0.2) is 9.97 Å². The molecule has 1 heterocycles. The fourth-order valence-electron chi connectivity index (χ4n) is 2.59. The normalized spacial score (nSPS) is 15.1. The summed E-state index contributed by atoms with van der Waals surface area (Å²) in [6.45, 7) is 2.10. The number of rotatable bonds is 3. The molecule has 1 N–H and O–H groups in total. The lowest BCUT2D eigenvalue weighted by Crippen LogP contribution is -2.11. The first-order chi connectivity index (χ1) is 9.25. The third-order valence-corrected chi connectivity index (χ3v) is 3.94. The molecule has 0 saturated heterocycles. The molecule has 0 aliphatic heterocycles. The largest absolute Gasteiger partial charge is 0.363 e. The summed E-state index contributed by atoms with van der Waals surface area (Å²) in [5.41, 5.74) is 3.54. The highest BCUT2D eigenvalue weighted by Crippen LogP contribution is 2.29. The van der Waals surface area contributed by atoms with Crippen molar-refractivity contribution in [1.29, 1.82) is 0 Å². The minimum Gasteiger partial charge on any atom is -0.363 e. The molecular formula is C15H16ClN3. The van der Waals surface area contributed by atoms with Crippen molar-refractivity contribution in [2.45, 2.75) is 32.2 Å². The van der Waals surface area contributed by atoms with Gasteiger partial charge in [-0.05, 0) is 37.8 Å². The minimum atomic E-state index is 0.133. The van der Waals surface area contributed by atoms with Crippen LogP contribution in [0.1, 0.15) is 36.2 Å². The molecule has 1 aliphatic carbocycles. The highest BCUT2D eigenvalue weighted by Gasteiger charge is 2.18. The molecule has 98 valence electrons. The Morgan fingerprint density at radius 2 is 2.05 bits per heavy atom. The van der Waals surface area contributed by atoms with Crippen molar-refractivity contribution in [1.82, 2.24) is 9.97 Å². The molecule has 19 heavy (non-hydrogen) atoms. The maximum Gasteiger partial charge on any atom is 0.133 e. The molecule has 1 aromatic carbocycles. The number of hydrogen-bond donors (Lipinski definition) is 1. The summed E-state index contributed by atoms with van der Waals surface area (Å²) in [6.07, 6.45) is 4.94. The Morgan fingerprint density at radius 1 is 1.21 bits per heavy atom. The topological polar surface area (TPSA) is 37.8 Å². The van der Waals surface area contributed by atoms with Crippen LogP contribution in [0.4, 0.5) is 5.82 Å². The van der Waals surface area contributed by atoms with E-state index in [1.165, 1.54) is 17.7 Å². The average Bonchev–Trinajstić information content (AvgIpc) is 2.88. The van der Waals surface area contributed by atoms with E-state index in [2.05, 4.69) is 22.2 Å². The van der Waals surface area contributed by atoms with E-state index in [9.17, 15) is 0 Å². The number of aromatic nitrogens is 2. The van der Waals surface area contributed by atoms with Crippen LogP contribution in [0.2, 0.25) is 5.02 Å². The lowest BCUT2D eigenvalue weighted by molar-refractivity contribution is 0.863. The SMILES string of the molecule is CC(Nc1ncnc2c1CCC2)c1ccccc1Cl. The van der Waals surface area contributed by atoms with Gasteiger partial charge < -0.3 is 5.32 Å². The molecule has 0 spiro atoms. The van der Waals surface area contributed by atoms with E-state index in [0.717, 1.165) is 29.2 Å². The van der Waals surface area contributed by atoms with Crippen molar-refractivity contribution < 1.29 is 0 Å². The van der Waals surface area contributed by atoms with Gasteiger partial charge in [-0.1, -0.05) is 29.8 Å². The molecule has 0 fully saturated rings. The van der Waals surface area contributed by atoms with Crippen LogP contribution in [-0.2, 0) is 12.8 Å². The summed E-state index contributed by atoms with van der Waals surface area (Å²) in [5, 5.41) is 4.25. The Labute approximate surface area is 118 Å². The number of hydrogen-bond acceptors (Lipinski definition) is 3. The lowest BCUT2D eigenvalue weighted by atomic mass is 10.1. The predicted molar refractivity (Wildman–Crippen MR) is 77.5 cm³/mol. The molecule has 1 atom stereocenters. The number of nitrogens with one attached hydrogen (secondary N) is 1. The fraction of sp³-hybridized carbons (Fsp3) is 0.333. The van der Waals surface area contributed by atoms with Crippen molar-refractivity contribution in [2.24, 2.45) is 0 Å². The van der Waals surface area contributed by atoms with Gasteiger partial charge >= 0.3 is 0 Å². The van der Waals surface area contributed by atoms with Gasteiger partial charge in [-0.25, -0.2) is 9.97 Å². The van der Waals surface area contributed by atoms with E-state index < -0.39 is 0 Å². The Morgan fingerprint density at radius 3 is 2.89 bits per heavy atom. The molecule has 0 radical (unpaired) electrons. The molecule has 1 unspecified atom stereocenters. The summed E-state index contributed by atoms with van der Waals surface area (Å²) in [7, 11) is 0. The molecule has 2 aromatic rings. The van der Waals surface area contributed by atoms with E-state index in [1.54, 1.807) is 6.33 Å². The zero-order valence-electron chi connectivity index (χ0n) is 10.9. The molecule has 0 amide bonds. The van der Waals surface area contributed by atoms with Gasteiger partial charge in [-0.3, -0.25) is 0 Å². The van der Waals surface area contributed by atoms with Crippen molar-refractivity contribution in [3.63, 3.8) is 0 Å². The minimum absolute atomic E-state index is 0.133. The van der Waals surface area contributed by atoms with E-state index in [1.807, 2.05) is 24.3 Å². The first-order valence-electron chi connectivity index (χ1n) is 6.59. The van der Waals surface area contributed by atoms with Gasteiger partial charge in [0.2, 0.25) is 0 Å². The second kappa shape index (κ2) is 5.17. The molecule has 3 rings (SSSR count). The Kier molecular flexibility index (Phi) is 3.38. The standard InChI is InChI=1S/C15H16ClN3/c1-10(11-5-2-3-7-13(11)16)19-15-12-6-4-8-14(12)17-9-18-15/h2-3,5,7,9-10H,4,6,8H2,1H3,(H,17,18,19). The number of aryl methyl sites for hydroxylation is 1. The molecule has 0 saturated carbocycles. The number of anilines is 1. The van der Waals surface area contributed by atoms with Crippen LogP contribution < -0.4 is 5.32 Å². The predicted octanol–water partition coefficient (Wildman–Crippen LogP) is 3.79.